The zero-order valence-electron chi connectivity index (χ0n) is 14.7. The summed E-state index contributed by atoms with van der Waals surface area (Å²) in [5.41, 5.74) is 6.93. The molecule has 0 spiro atoms. The van der Waals surface area contributed by atoms with Crippen LogP contribution in [0.15, 0.2) is 53.4 Å². The fourth-order valence-corrected chi connectivity index (χ4v) is 2.52. The number of anilines is 1. The molecule has 3 rings (SSSR count). The Hall–Kier alpha value is -3.81. The van der Waals surface area contributed by atoms with Crippen LogP contribution in [0.5, 0.6) is 11.5 Å². The van der Waals surface area contributed by atoms with Crippen LogP contribution in [0.1, 0.15) is 20.7 Å². The van der Waals surface area contributed by atoms with Crippen LogP contribution in [0.3, 0.4) is 0 Å². The van der Waals surface area contributed by atoms with Gasteiger partial charge in [-0.3, -0.25) is 9.59 Å². The summed E-state index contributed by atoms with van der Waals surface area (Å²) in [5.74, 6) is 0.179. The van der Waals surface area contributed by atoms with Crippen LogP contribution >= 0.6 is 0 Å². The second-order valence-corrected chi connectivity index (χ2v) is 5.51. The number of carbonyl (C=O) groups is 2. The van der Waals surface area contributed by atoms with E-state index in [0.29, 0.717) is 22.8 Å². The maximum Gasteiger partial charge on any atom is 0.255 e. The minimum Gasteiger partial charge on any atom is -0.493 e. The van der Waals surface area contributed by atoms with E-state index in [9.17, 15) is 9.59 Å². The van der Waals surface area contributed by atoms with Crippen molar-refractivity contribution in [1.82, 2.24) is 4.98 Å². The molecule has 0 fully saturated rings. The van der Waals surface area contributed by atoms with Crippen molar-refractivity contribution >= 4 is 17.5 Å². The Balaban J connectivity index is 1.88. The first-order valence-corrected chi connectivity index (χ1v) is 7.89. The molecule has 8 nitrogen and oxygen atoms in total. The monoisotopic (exact) mass is 367 g/mol. The summed E-state index contributed by atoms with van der Waals surface area (Å²) in [4.78, 5) is 28.2. The molecule has 0 aliphatic rings. The van der Waals surface area contributed by atoms with E-state index in [-0.39, 0.29) is 11.3 Å². The average molecular weight is 367 g/mol. The molecule has 0 aliphatic carbocycles. The van der Waals surface area contributed by atoms with E-state index >= 15 is 0 Å². The number of methoxy groups -OCH3 is 2. The lowest BCUT2D eigenvalue weighted by molar-refractivity contribution is 0.100. The molecule has 3 aromatic rings. The van der Waals surface area contributed by atoms with Gasteiger partial charge in [-0.2, -0.15) is 0 Å². The number of hydrogen-bond acceptors (Lipinski definition) is 6. The highest BCUT2D eigenvalue weighted by Gasteiger charge is 2.17. The summed E-state index contributed by atoms with van der Waals surface area (Å²) in [6.07, 6.45) is 2.91. The van der Waals surface area contributed by atoms with Gasteiger partial charge >= 0.3 is 0 Å². The van der Waals surface area contributed by atoms with Gasteiger partial charge in [0, 0.05) is 17.2 Å². The summed E-state index contributed by atoms with van der Waals surface area (Å²) in [6.45, 7) is 0. The van der Waals surface area contributed by atoms with Crippen molar-refractivity contribution in [1.29, 1.82) is 0 Å². The quantitative estimate of drug-likeness (QED) is 0.692. The fourth-order valence-electron chi connectivity index (χ4n) is 2.52. The van der Waals surface area contributed by atoms with Gasteiger partial charge in [0.15, 0.2) is 23.7 Å². The number of nitrogens with zero attached hydrogens (tertiary/aromatic N) is 1. The molecule has 27 heavy (non-hydrogen) atoms. The third-order valence-corrected chi connectivity index (χ3v) is 3.90. The van der Waals surface area contributed by atoms with Crippen molar-refractivity contribution in [2.75, 3.05) is 19.5 Å². The molecule has 0 saturated heterocycles. The van der Waals surface area contributed by atoms with Gasteiger partial charge in [-0.15, -0.1) is 0 Å². The second-order valence-electron chi connectivity index (χ2n) is 5.51. The van der Waals surface area contributed by atoms with E-state index < -0.39 is 11.8 Å². The van der Waals surface area contributed by atoms with Crippen LogP contribution in [0.25, 0.3) is 11.3 Å². The minimum atomic E-state index is -0.702. The summed E-state index contributed by atoms with van der Waals surface area (Å²) in [7, 11) is 2.90. The fraction of sp³-hybridized carbons (Fsp3) is 0.105. The number of oxazole rings is 1. The number of hydrogen-bond donors (Lipinski definition) is 2. The Bertz CT molecular complexity index is 966. The molecule has 2 amide bonds. The maximum atomic E-state index is 12.6. The van der Waals surface area contributed by atoms with Crippen molar-refractivity contribution in [3.05, 3.63) is 60.1 Å². The SMILES string of the molecule is COc1cc(NC(=O)c2ccc(-c3cnco3)cc2)c(C(N)=O)cc1OC. The van der Waals surface area contributed by atoms with Crippen LogP contribution in [0, 0.1) is 0 Å². The highest BCUT2D eigenvalue weighted by atomic mass is 16.5. The largest absolute Gasteiger partial charge is 0.493 e. The zero-order chi connectivity index (χ0) is 19.4. The summed E-state index contributed by atoms with van der Waals surface area (Å²) in [6, 6.07) is 9.65. The number of nitrogens with one attached hydrogen (secondary N) is 1. The average Bonchev–Trinajstić information content (AvgIpc) is 3.22. The summed E-state index contributed by atoms with van der Waals surface area (Å²) < 4.78 is 15.6. The topological polar surface area (TPSA) is 117 Å². The summed E-state index contributed by atoms with van der Waals surface area (Å²) >= 11 is 0. The minimum absolute atomic E-state index is 0.110. The van der Waals surface area contributed by atoms with Gasteiger partial charge in [-0.25, -0.2) is 4.98 Å². The zero-order valence-corrected chi connectivity index (χ0v) is 14.7. The normalized spacial score (nSPS) is 10.3. The lowest BCUT2D eigenvalue weighted by Crippen LogP contribution is -2.18. The molecule has 8 heteroatoms. The lowest BCUT2D eigenvalue weighted by Gasteiger charge is -2.14. The van der Waals surface area contributed by atoms with E-state index in [0.717, 1.165) is 5.56 Å². The number of amides is 2. The lowest BCUT2D eigenvalue weighted by atomic mass is 10.1. The van der Waals surface area contributed by atoms with Gasteiger partial charge in [0.05, 0.1) is 31.7 Å². The van der Waals surface area contributed by atoms with Crippen molar-refractivity contribution in [3.63, 3.8) is 0 Å². The van der Waals surface area contributed by atoms with Gasteiger partial charge in [0.25, 0.3) is 11.8 Å². The Morgan fingerprint density at radius 3 is 2.30 bits per heavy atom. The number of benzene rings is 2. The van der Waals surface area contributed by atoms with Gasteiger partial charge in [0.1, 0.15) is 0 Å². The first-order valence-electron chi connectivity index (χ1n) is 7.89. The van der Waals surface area contributed by atoms with Crippen LogP contribution in [-0.4, -0.2) is 31.0 Å². The molecular formula is C19H17N3O5. The first-order chi connectivity index (χ1) is 13.0. The molecular weight excluding hydrogens is 350 g/mol. The van der Waals surface area contributed by atoms with Gasteiger partial charge in [0.2, 0.25) is 0 Å². The molecule has 0 bridgehead atoms. The molecule has 0 unspecified atom stereocenters. The molecule has 0 atom stereocenters. The van der Waals surface area contributed by atoms with Gasteiger partial charge < -0.3 is 24.9 Å². The highest BCUT2D eigenvalue weighted by molar-refractivity contribution is 6.09. The molecule has 0 saturated carbocycles. The number of primary amides is 1. The first kappa shape index (κ1) is 18.0. The predicted octanol–water partition coefficient (Wildman–Crippen LogP) is 2.71. The van der Waals surface area contributed by atoms with E-state index in [1.54, 1.807) is 30.5 Å². The number of ether oxygens (including phenoxy) is 2. The van der Waals surface area contributed by atoms with Gasteiger partial charge in [-0.1, -0.05) is 12.1 Å². The van der Waals surface area contributed by atoms with Crippen LogP contribution < -0.4 is 20.5 Å². The molecule has 2 aromatic carbocycles. The third kappa shape index (κ3) is 3.74. The second kappa shape index (κ2) is 7.61. The van der Waals surface area contributed by atoms with E-state index in [1.807, 2.05) is 0 Å². The van der Waals surface area contributed by atoms with Crippen molar-refractivity contribution in [3.8, 4) is 22.8 Å². The molecule has 3 N–H and O–H groups in total. The molecule has 0 radical (unpaired) electrons. The van der Waals surface area contributed by atoms with Crippen molar-refractivity contribution in [2.45, 2.75) is 0 Å². The van der Waals surface area contributed by atoms with Crippen molar-refractivity contribution < 1.29 is 23.5 Å². The third-order valence-electron chi connectivity index (χ3n) is 3.90. The Labute approximate surface area is 154 Å². The van der Waals surface area contributed by atoms with Crippen LogP contribution in [-0.2, 0) is 0 Å². The predicted molar refractivity (Wildman–Crippen MR) is 98.0 cm³/mol. The smallest absolute Gasteiger partial charge is 0.255 e. The van der Waals surface area contributed by atoms with Crippen molar-refractivity contribution in [2.24, 2.45) is 5.73 Å². The van der Waals surface area contributed by atoms with Gasteiger partial charge in [-0.05, 0) is 18.2 Å². The number of rotatable bonds is 6. The van der Waals surface area contributed by atoms with Crippen LogP contribution in [0.4, 0.5) is 5.69 Å². The maximum absolute atomic E-state index is 12.6. The standard InChI is InChI=1S/C19H17N3O5/c1-25-15-7-13(18(20)23)14(8-16(15)26-2)22-19(24)12-5-3-11(4-6-12)17-9-21-10-27-17/h3-10H,1-2H3,(H2,20,23)(H,22,24). The molecule has 1 heterocycles. The molecule has 138 valence electrons. The number of aromatic nitrogens is 1. The Kier molecular flexibility index (Phi) is 5.07. The highest BCUT2D eigenvalue weighted by Crippen LogP contribution is 2.33. The molecule has 1 aromatic heterocycles. The van der Waals surface area contributed by atoms with Crippen LogP contribution in [0.2, 0.25) is 0 Å². The Morgan fingerprint density at radius 1 is 1.07 bits per heavy atom. The Morgan fingerprint density at radius 2 is 1.74 bits per heavy atom. The van der Waals surface area contributed by atoms with E-state index in [2.05, 4.69) is 10.3 Å². The summed E-state index contributed by atoms with van der Waals surface area (Å²) in [5, 5.41) is 2.68. The van der Waals surface area contributed by atoms with E-state index in [1.165, 1.54) is 32.7 Å². The molecule has 0 aliphatic heterocycles. The number of nitrogens with two attached hydrogens (primary N) is 1. The number of carbonyl (C=O) groups excluding carboxylic acids is 2. The van der Waals surface area contributed by atoms with E-state index in [4.69, 9.17) is 19.6 Å².